The molecule has 2 rings (SSSR count). The molecule has 130 valence electrons. The number of carboxylic acid groups (broad SMARTS) is 1. The van der Waals surface area contributed by atoms with Gasteiger partial charge in [-0.1, -0.05) is 0 Å². The molecular formula is C17H17N3O5. The van der Waals surface area contributed by atoms with Crippen LogP contribution in [0.25, 0.3) is 0 Å². The highest BCUT2D eigenvalue weighted by atomic mass is 16.6. The van der Waals surface area contributed by atoms with Crippen molar-refractivity contribution < 1.29 is 19.6 Å². The van der Waals surface area contributed by atoms with Crippen molar-refractivity contribution in [2.75, 3.05) is 6.61 Å². The number of nitrogens with zero attached hydrogens (tertiary/aromatic N) is 3. The molecule has 0 heterocycles. The van der Waals surface area contributed by atoms with Crippen LogP contribution in [0.1, 0.15) is 19.3 Å². The maximum absolute atomic E-state index is 10.6. The fraction of sp³-hybridized carbons (Fsp3) is 0.235. The molecule has 0 aliphatic heterocycles. The maximum Gasteiger partial charge on any atom is 0.303 e. The van der Waals surface area contributed by atoms with Crippen LogP contribution in [0, 0.1) is 10.1 Å². The predicted octanol–water partition coefficient (Wildman–Crippen LogP) is 4.64. The van der Waals surface area contributed by atoms with Gasteiger partial charge in [-0.15, -0.1) is 0 Å². The summed E-state index contributed by atoms with van der Waals surface area (Å²) in [6.07, 6.45) is 1.40. The Kier molecular flexibility index (Phi) is 6.58. The molecule has 0 aliphatic carbocycles. The molecule has 8 heteroatoms. The molecule has 0 bridgehead atoms. The van der Waals surface area contributed by atoms with E-state index in [9.17, 15) is 14.9 Å². The summed E-state index contributed by atoms with van der Waals surface area (Å²) in [6.45, 7) is 0.455. The van der Waals surface area contributed by atoms with Gasteiger partial charge in [0.1, 0.15) is 5.75 Å². The lowest BCUT2D eigenvalue weighted by Gasteiger charge is -2.05. The standard InChI is InChI=1S/C17H17N3O5/c21-17(22)3-1-2-12-25-16-10-6-14(7-11-16)19-18-13-4-8-15(9-5-13)20(23)24/h4-11H,1-3,12H2,(H,21,22). The van der Waals surface area contributed by atoms with E-state index in [1.807, 2.05) is 0 Å². The van der Waals surface area contributed by atoms with Crippen LogP contribution >= 0.6 is 0 Å². The average molecular weight is 343 g/mol. The van der Waals surface area contributed by atoms with E-state index < -0.39 is 10.9 Å². The number of carboxylic acids is 1. The lowest BCUT2D eigenvalue weighted by molar-refractivity contribution is -0.384. The Hall–Kier alpha value is -3.29. The number of hydrogen-bond donors (Lipinski definition) is 1. The second-order valence-corrected chi connectivity index (χ2v) is 5.17. The van der Waals surface area contributed by atoms with E-state index in [1.54, 1.807) is 24.3 Å². The molecule has 0 aliphatic rings. The van der Waals surface area contributed by atoms with Crippen molar-refractivity contribution in [2.45, 2.75) is 19.3 Å². The molecule has 0 unspecified atom stereocenters. The van der Waals surface area contributed by atoms with Crippen LogP contribution in [-0.4, -0.2) is 22.6 Å². The van der Waals surface area contributed by atoms with E-state index >= 15 is 0 Å². The molecule has 1 N–H and O–H groups in total. The van der Waals surface area contributed by atoms with E-state index in [0.29, 0.717) is 36.6 Å². The molecule has 0 atom stereocenters. The SMILES string of the molecule is O=C(O)CCCCOc1ccc(N=Nc2ccc([N+](=O)[O-])cc2)cc1. The largest absolute Gasteiger partial charge is 0.494 e. The Labute approximate surface area is 143 Å². The lowest BCUT2D eigenvalue weighted by Crippen LogP contribution is -2.00. The summed E-state index contributed by atoms with van der Waals surface area (Å²) >= 11 is 0. The van der Waals surface area contributed by atoms with Gasteiger partial charge in [0.2, 0.25) is 0 Å². The maximum atomic E-state index is 10.6. The van der Waals surface area contributed by atoms with Crippen molar-refractivity contribution in [2.24, 2.45) is 10.2 Å². The van der Waals surface area contributed by atoms with Crippen LogP contribution in [0.5, 0.6) is 5.75 Å². The summed E-state index contributed by atoms with van der Waals surface area (Å²) in [7, 11) is 0. The Balaban J connectivity index is 1.83. The van der Waals surface area contributed by atoms with E-state index in [2.05, 4.69) is 10.2 Å². The first kappa shape index (κ1) is 18.1. The summed E-state index contributed by atoms with van der Waals surface area (Å²) in [5.41, 5.74) is 1.14. The van der Waals surface area contributed by atoms with Gasteiger partial charge in [-0.05, 0) is 49.2 Å². The number of azo groups is 1. The van der Waals surface area contributed by atoms with Gasteiger partial charge in [0.05, 0.1) is 22.9 Å². The Bertz CT molecular complexity index is 742. The zero-order valence-corrected chi connectivity index (χ0v) is 13.4. The third-order valence-corrected chi connectivity index (χ3v) is 3.23. The van der Waals surface area contributed by atoms with Gasteiger partial charge < -0.3 is 9.84 Å². The van der Waals surface area contributed by atoms with Crippen LogP contribution < -0.4 is 4.74 Å². The molecule has 0 radical (unpaired) electrons. The van der Waals surface area contributed by atoms with Crippen molar-refractivity contribution in [1.82, 2.24) is 0 Å². The minimum Gasteiger partial charge on any atom is -0.494 e. The second-order valence-electron chi connectivity index (χ2n) is 5.17. The van der Waals surface area contributed by atoms with E-state index in [4.69, 9.17) is 9.84 Å². The number of aliphatic carboxylic acids is 1. The molecule has 2 aromatic carbocycles. The minimum absolute atomic E-state index is 0.00352. The zero-order chi connectivity index (χ0) is 18.1. The fourth-order valence-electron chi connectivity index (χ4n) is 1.93. The molecule has 0 fully saturated rings. The summed E-state index contributed by atoms with van der Waals surface area (Å²) in [5.74, 6) is -0.132. The van der Waals surface area contributed by atoms with Crippen molar-refractivity contribution >= 4 is 23.0 Å². The molecule has 0 saturated carbocycles. The molecule has 0 aromatic heterocycles. The number of hydrogen-bond acceptors (Lipinski definition) is 6. The van der Waals surface area contributed by atoms with E-state index in [1.165, 1.54) is 24.3 Å². The molecule has 25 heavy (non-hydrogen) atoms. The third kappa shape index (κ3) is 6.38. The van der Waals surface area contributed by atoms with E-state index in [0.717, 1.165) is 0 Å². The molecule has 0 spiro atoms. The number of nitro benzene ring substituents is 1. The first-order valence-electron chi connectivity index (χ1n) is 7.65. The fourth-order valence-corrected chi connectivity index (χ4v) is 1.93. The number of benzene rings is 2. The van der Waals surface area contributed by atoms with Gasteiger partial charge >= 0.3 is 5.97 Å². The first-order chi connectivity index (χ1) is 12.0. The molecule has 0 saturated heterocycles. The number of unbranched alkanes of at least 4 members (excludes halogenated alkanes) is 1. The minimum atomic E-state index is -0.803. The predicted molar refractivity (Wildman–Crippen MR) is 90.7 cm³/mol. The van der Waals surface area contributed by atoms with Gasteiger partial charge in [0.15, 0.2) is 0 Å². The van der Waals surface area contributed by atoms with Crippen LogP contribution in [0.15, 0.2) is 58.8 Å². The van der Waals surface area contributed by atoms with Gasteiger partial charge in [0.25, 0.3) is 5.69 Å². The lowest BCUT2D eigenvalue weighted by atomic mass is 10.2. The Morgan fingerprint density at radius 3 is 2.08 bits per heavy atom. The van der Waals surface area contributed by atoms with Crippen molar-refractivity contribution in [3.8, 4) is 5.75 Å². The smallest absolute Gasteiger partial charge is 0.303 e. The topological polar surface area (TPSA) is 114 Å². The van der Waals surface area contributed by atoms with Gasteiger partial charge in [0, 0.05) is 18.6 Å². The zero-order valence-electron chi connectivity index (χ0n) is 13.4. The monoisotopic (exact) mass is 343 g/mol. The molecular weight excluding hydrogens is 326 g/mol. The Morgan fingerprint density at radius 1 is 1.00 bits per heavy atom. The summed E-state index contributed by atoms with van der Waals surface area (Å²) < 4.78 is 5.51. The van der Waals surface area contributed by atoms with Crippen molar-refractivity contribution in [3.63, 3.8) is 0 Å². The number of nitro groups is 1. The number of non-ortho nitro benzene ring substituents is 1. The van der Waals surface area contributed by atoms with Gasteiger partial charge in [-0.3, -0.25) is 14.9 Å². The first-order valence-corrected chi connectivity index (χ1v) is 7.65. The quantitative estimate of drug-likeness (QED) is 0.308. The highest BCUT2D eigenvalue weighted by Crippen LogP contribution is 2.23. The van der Waals surface area contributed by atoms with Gasteiger partial charge in [-0.25, -0.2) is 0 Å². The highest BCUT2D eigenvalue weighted by molar-refractivity contribution is 5.66. The number of rotatable bonds is 9. The molecule has 2 aromatic rings. The molecule has 0 amide bonds. The van der Waals surface area contributed by atoms with Gasteiger partial charge in [-0.2, -0.15) is 10.2 Å². The summed E-state index contributed by atoms with van der Waals surface area (Å²) in [5, 5.41) is 27.2. The number of carbonyl (C=O) groups is 1. The second kappa shape index (κ2) is 9.11. The highest BCUT2D eigenvalue weighted by Gasteiger charge is 2.03. The summed E-state index contributed by atoms with van der Waals surface area (Å²) in [4.78, 5) is 20.5. The van der Waals surface area contributed by atoms with Crippen LogP contribution in [-0.2, 0) is 4.79 Å². The number of ether oxygens (including phenoxy) is 1. The summed E-state index contributed by atoms with van der Waals surface area (Å²) in [6, 6.07) is 12.8. The van der Waals surface area contributed by atoms with Crippen LogP contribution in [0.2, 0.25) is 0 Å². The normalized spacial score (nSPS) is 10.7. The van der Waals surface area contributed by atoms with Crippen molar-refractivity contribution in [3.05, 3.63) is 58.6 Å². The Morgan fingerprint density at radius 2 is 1.56 bits per heavy atom. The third-order valence-electron chi connectivity index (χ3n) is 3.23. The molecule has 8 nitrogen and oxygen atoms in total. The van der Waals surface area contributed by atoms with E-state index in [-0.39, 0.29) is 12.1 Å². The van der Waals surface area contributed by atoms with Crippen LogP contribution in [0.3, 0.4) is 0 Å². The van der Waals surface area contributed by atoms with Crippen LogP contribution in [0.4, 0.5) is 17.1 Å². The average Bonchev–Trinajstić information content (AvgIpc) is 2.61. The van der Waals surface area contributed by atoms with Crippen molar-refractivity contribution in [1.29, 1.82) is 0 Å².